The van der Waals surface area contributed by atoms with E-state index in [1.165, 1.54) is 25.3 Å². The third kappa shape index (κ3) is 3.20. The molecule has 0 fully saturated rings. The van der Waals surface area contributed by atoms with Gasteiger partial charge in [-0.25, -0.2) is 8.78 Å². The standard InChI is InChI=1S/C15H14ClF2NO/c1-9(10-3-5-14(18)15(7-10)20-2)19-11-4-6-13(17)12(16)8-11/h3-9,19H,1-2H3. The number of rotatable bonds is 4. The van der Waals surface area contributed by atoms with Gasteiger partial charge < -0.3 is 10.1 Å². The molecule has 0 radical (unpaired) electrons. The van der Waals surface area contributed by atoms with Gasteiger partial charge in [-0.05, 0) is 42.8 Å². The number of nitrogens with one attached hydrogen (secondary N) is 1. The van der Waals surface area contributed by atoms with Gasteiger partial charge in [0.2, 0.25) is 0 Å². The minimum atomic E-state index is -0.465. The number of anilines is 1. The first-order valence-corrected chi connectivity index (χ1v) is 6.44. The fourth-order valence-corrected chi connectivity index (χ4v) is 2.05. The Labute approximate surface area is 121 Å². The highest BCUT2D eigenvalue weighted by molar-refractivity contribution is 6.31. The summed E-state index contributed by atoms with van der Waals surface area (Å²) in [6.45, 7) is 1.91. The van der Waals surface area contributed by atoms with Crippen LogP contribution in [0.25, 0.3) is 0 Å². The fourth-order valence-electron chi connectivity index (χ4n) is 1.86. The molecule has 0 amide bonds. The lowest BCUT2D eigenvalue weighted by Gasteiger charge is -2.17. The third-order valence-electron chi connectivity index (χ3n) is 2.98. The van der Waals surface area contributed by atoms with Crippen molar-refractivity contribution in [1.82, 2.24) is 0 Å². The molecule has 0 aliphatic carbocycles. The lowest BCUT2D eigenvalue weighted by atomic mass is 10.1. The summed E-state index contributed by atoms with van der Waals surface area (Å²) in [5.74, 6) is -0.685. The molecule has 1 atom stereocenters. The van der Waals surface area contributed by atoms with Crippen molar-refractivity contribution in [2.45, 2.75) is 13.0 Å². The molecule has 0 spiro atoms. The molecule has 1 unspecified atom stereocenters. The summed E-state index contributed by atoms with van der Waals surface area (Å²) in [4.78, 5) is 0. The van der Waals surface area contributed by atoms with Crippen molar-refractivity contribution in [1.29, 1.82) is 0 Å². The van der Waals surface area contributed by atoms with Gasteiger partial charge in [0.05, 0.1) is 12.1 Å². The monoisotopic (exact) mass is 297 g/mol. The van der Waals surface area contributed by atoms with E-state index in [4.69, 9.17) is 16.3 Å². The largest absolute Gasteiger partial charge is 0.494 e. The molecule has 0 saturated heterocycles. The van der Waals surface area contributed by atoms with Gasteiger partial charge in [-0.1, -0.05) is 17.7 Å². The van der Waals surface area contributed by atoms with Crippen LogP contribution in [0.5, 0.6) is 5.75 Å². The molecule has 20 heavy (non-hydrogen) atoms. The summed E-state index contributed by atoms with van der Waals surface area (Å²) in [7, 11) is 1.42. The quantitative estimate of drug-likeness (QED) is 0.875. The van der Waals surface area contributed by atoms with Gasteiger partial charge in [-0.2, -0.15) is 0 Å². The maximum atomic E-state index is 13.4. The van der Waals surface area contributed by atoms with Gasteiger partial charge in [0.1, 0.15) is 5.82 Å². The fraction of sp³-hybridized carbons (Fsp3) is 0.200. The molecule has 0 bridgehead atoms. The Kier molecular flexibility index (Phi) is 4.45. The van der Waals surface area contributed by atoms with Crippen LogP contribution >= 0.6 is 11.6 Å². The average molecular weight is 298 g/mol. The van der Waals surface area contributed by atoms with Crippen LogP contribution in [-0.4, -0.2) is 7.11 Å². The normalized spacial score (nSPS) is 12.1. The van der Waals surface area contributed by atoms with Gasteiger partial charge >= 0.3 is 0 Å². The maximum absolute atomic E-state index is 13.4. The van der Waals surface area contributed by atoms with Crippen LogP contribution in [0.3, 0.4) is 0 Å². The van der Waals surface area contributed by atoms with Crippen molar-refractivity contribution >= 4 is 17.3 Å². The smallest absolute Gasteiger partial charge is 0.165 e. The van der Waals surface area contributed by atoms with Crippen molar-refractivity contribution in [3.63, 3.8) is 0 Å². The molecule has 0 aliphatic heterocycles. The summed E-state index contributed by atoms with van der Waals surface area (Å²) >= 11 is 5.73. The molecular weight excluding hydrogens is 284 g/mol. The lowest BCUT2D eigenvalue weighted by Crippen LogP contribution is -2.07. The van der Waals surface area contributed by atoms with E-state index in [2.05, 4.69) is 5.32 Å². The average Bonchev–Trinajstić information content (AvgIpc) is 2.43. The van der Waals surface area contributed by atoms with Crippen LogP contribution in [0.2, 0.25) is 5.02 Å². The third-order valence-corrected chi connectivity index (χ3v) is 3.27. The van der Waals surface area contributed by atoms with Gasteiger partial charge in [-0.3, -0.25) is 0 Å². The van der Waals surface area contributed by atoms with E-state index < -0.39 is 11.6 Å². The molecule has 0 heterocycles. The number of methoxy groups -OCH3 is 1. The van der Waals surface area contributed by atoms with E-state index in [-0.39, 0.29) is 16.8 Å². The van der Waals surface area contributed by atoms with E-state index in [9.17, 15) is 8.78 Å². The van der Waals surface area contributed by atoms with Crippen LogP contribution in [0.15, 0.2) is 36.4 Å². The van der Waals surface area contributed by atoms with Crippen LogP contribution in [0, 0.1) is 11.6 Å². The van der Waals surface area contributed by atoms with Gasteiger partial charge in [0.15, 0.2) is 11.6 Å². The van der Waals surface area contributed by atoms with Crippen molar-refractivity contribution < 1.29 is 13.5 Å². The van der Waals surface area contributed by atoms with E-state index in [0.717, 1.165) is 5.56 Å². The first-order chi connectivity index (χ1) is 9.51. The summed E-state index contributed by atoms with van der Waals surface area (Å²) in [5.41, 5.74) is 1.54. The van der Waals surface area contributed by atoms with Crippen LogP contribution in [0.4, 0.5) is 14.5 Å². The van der Waals surface area contributed by atoms with Crippen LogP contribution in [-0.2, 0) is 0 Å². The molecule has 1 N–H and O–H groups in total. The molecule has 106 valence electrons. The number of halogens is 3. The Morgan fingerprint density at radius 1 is 1.10 bits per heavy atom. The number of hydrogen-bond donors (Lipinski definition) is 1. The summed E-state index contributed by atoms with van der Waals surface area (Å²) < 4.78 is 31.4. The van der Waals surface area contributed by atoms with Gasteiger partial charge in [-0.15, -0.1) is 0 Å². The lowest BCUT2D eigenvalue weighted by molar-refractivity contribution is 0.385. The molecule has 0 saturated carbocycles. The Hall–Kier alpha value is -1.81. The highest BCUT2D eigenvalue weighted by Gasteiger charge is 2.10. The second-order valence-electron chi connectivity index (χ2n) is 4.39. The van der Waals surface area contributed by atoms with Crippen molar-refractivity contribution in [3.8, 4) is 5.75 Å². The minimum absolute atomic E-state index is 0.0545. The van der Waals surface area contributed by atoms with E-state index in [0.29, 0.717) is 5.69 Å². The number of benzene rings is 2. The topological polar surface area (TPSA) is 21.3 Å². The van der Waals surface area contributed by atoms with Gasteiger partial charge in [0, 0.05) is 11.7 Å². The Morgan fingerprint density at radius 2 is 1.80 bits per heavy atom. The van der Waals surface area contributed by atoms with E-state index in [1.807, 2.05) is 6.92 Å². The van der Waals surface area contributed by atoms with Gasteiger partial charge in [0.25, 0.3) is 0 Å². The van der Waals surface area contributed by atoms with Crippen LogP contribution in [0.1, 0.15) is 18.5 Å². The van der Waals surface area contributed by atoms with Crippen LogP contribution < -0.4 is 10.1 Å². The van der Waals surface area contributed by atoms with Crippen molar-refractivity contribution in [3.05, 3.63) is 58.6 Å². The van der Waals surface area contributed by atoms with E-state index >= 15 is 0 Å². The number of ether oxygens (including phenoxy) is 1. The molecule has 0 aromatic heterocycles. The molecule has 5 heteroatoms. The molecule has 0 aliphatic rings. The Balaban J connectivity index is 2.19. The second kappa shape index (κ2) is 6.09. The summed E-state index contributed by atoms with van der Waals surface area (Å²) in [6.07, 6.45) is 0. The first-order valence-electron chi connectivity index (χ1n) is 6.06. The highest BCUT2D eigenvalue weighted by atomic mass is 35.5. The predicted molar refractivity (Wildman–Crippen MR) is 76.4 cm³/mol. The zero-order valence-corrected chi connectivity index (χ0v) is 11.8. The second-order valence-corrected chi connectivity index (χ2v) is 4.80. The SMILES string of the molecule is COc1cc(C(C)Nc2ccc(F)c(Cl)c2)ccc1F. The van der Waals surface area contributed by atoms with Crippen molar-refractivity contribution in [2.24, 2.45) is 0 Å². The molecule has 2 rings (SSSR count). The summed E-state index contributed by atoms with van der Waals surface area (Å²) in [6, 6.07) is 8.93. The predicted octanol–water partition coefficient (Wildman–Crippen LogP) is 4.80. The molecule has 2 aromatic carbocycles. The molecule has 2 nitrogen and oxygen atoms in total. The summed E-state index contributed by atoms with van der Waals surface area (Å²) in [5, 5.41) is 3.22. The first kappa shape index (κ1) is 14.6. The molecule has 2 aromatic rings. The zero-order valence-electron chi connectivity index (χ0n) is 11.1. The Morgan fingerprint density at radius 3 is 2.45 bits per heavy atom. The van der Waals surface area contributed by atoms with Crippen molar-refractivity contribution in [2.75, 3.05) is 12.4 Å². The maximum Gasteiger partial charge on any atom is 0.165 e. The minimum Gasteiger partial charge on any atom is -0.494 e. The highest BCUT2D eigenvalue weighted by Crippen LogP contribution is 2.26. The Bertz CT molecular complexity index is 619. The molecular formula is C15H14ClF2NO. The number of hydrogen-bond acceptors (Lipinski definition) is 2. The van der Waals surface area contributed by atoms with E-state index in [1.54, 1.807) is 18.2 Å². The zero-order chi connectivity index (χ0) is 14.7.